The van der Waals surface area contributed by atoms with E-state index >= 15 is 0 Å². The molecule has 0 saturated carbocycles. The van der Waals surface area contributed by atoms with Gasteiger partial charge in [0.15, 0.2) is 5.69 Å². The lowest BCUT2D eigenvalue weighted by molar-refractivity contribution is 0.0934. The molecule has 1 aromatic heterocycles. The molecule has 3 aromatic rings. The number of nitrogens with zero attached hydrogens (tertiary/aromatic N) is 3. The van der Waals surface area contributed by atoms with E-state index in [0.29, 0.717) is 12.2 Å². The maximum Gasteiger partial charge on any atom is 0.273 e. The highest BCUT2D eigenvalue weighted by Gasteiger charge is 2.15. The quantitative estimate of drug-likeness (QED) is 0.786. The molecule has 1 N–H and O–H groups in total. The average Bonchev–Trinajstić information content (AvgIpc) is 3.04. The van der Waals surface area contributed by atoms with Crippen LogP contribution in [0.3, 0.4) is 0 Å². The number of benzene rings is 2. The SMILES string of the molecule is Cc1ccccc1C(C)NC(=O)c1cn(Cc2ccccc2)nn1. The Bertz CT molecular complexity index is 826. The second-order valence-corrected chi connectivity index (χ2v) is 5.84. The predicted molar refractivity (Wildman–Crippen MR) is 92.6 cm³/mol. The molecule has 2 aromatic carbocycles. The Balaban J connectivity index is 1.67. The van der Waals surface area contributed by atoms with E-state index in [2.05, 4.69) is 15.6 Å². The van der Waals surface area contributed by atoms with Gasteiger partial charge >= 0.3 is 0 Å². The molecule has 0 aliphatic carbocycles. The fraction of sp³-hybridized carbons (Fsp3) is 0.211. The van der Waals surface area contributed by atoms with Crippen molar-refractivity contribution in [3.05, 3.63) is 83.2 Å². The van der Waals surface area contributed by atoms with Crippen LogP contribution in [0.2, 0.25) is 0 Å². The number of hydrogen-bond acceptors (Lipinski definition) is 3. The lowest BCUT2D eigenvalue weighted by Crippen LogP contribution is -2.27. The number of carbonyl (C=O) groups excluding carboxylic acids is 1. The summed E-state index contributed by atoms with van der Waals surface area (Å²) in [5.74, 6) is -0.218. The molecular weight excluding hydrogens is 300 g/mol. The van der Waals surface area contributed by atoms with Crippen LogP contribution >= 0.6 is 0 Å². The molecule has 0 spiro atoms. The van der Waals surface area contributed by atoms with Gasteiger partial charge in [-0.3, -0.25) is 4.79 Å². The highest BCUT2D eigenvalue weighted by atomic mass is 16.2. The Labute approximate surface area is 141 Å². The first kappa shape index (κ1) is 15.9. The predicted octanol–water partition coefficient (Wildman–Crippen LogP) is 3.13. The zero-order valence-corrected chi connectivity index (χ0v) is 13.8. The maximum absolute atomic E-state index is 12.4. The molecule has 24 heavy (non-hydrogen) atoms. The van der Waals surface area contributed by atoms with E-state index in [1.807, 2.05) is 68.4 Å². The average molecular weight is 320 g/mol. The highest BCUT2D eigenvalue weighted by molar-refractivity contribution is 5.92. The van der Waals surface area contributed by atoms with E-state index in [4.69, 9.17) is 0 Å². The summed E-state index contributed by atoms with van der Waals surface area (Å²) < 4.78 is 1.67. The molecule has 0 aliphatic rings. The third kappa shape index (κ3) is 3.68. The number of carbonyl (C=O) groups is 1. The first-order valence-electron chi connectivity index (χ1n) is 7.94. The third-order valence-corrected chi connectivity index (χ3v) is 3.96. The Kier molecular flexibility index (Phi) is 4.70. The topological polar surface area (TPSA) is 59.8 Å². The number of aromatic nitrogens is 3. The summed E-state index contributed by atoms with van der Waals surface area (Å²) in [7, 11) is 0. The molecule has 5 nitrogen and oxygen atoms in total. The first-order valence-corrected chi connectivity index (χ1v) is 7.94. The summed E-state index contributed by atoms with van der Waals surface area (Å²) in [6, 6.07) is 17.9. The number of rotatable bonds is 5. The standard InChI is InChI=1S/C19H20N4O/c1-14-8-6-7-11-17(14)15(2)20-19(24)18-13-23(22-21-18)12-16-9-4-3-5-10-16/h3-11,13,15H,12H2,1-2H3,(H,20,24). The molecule has 1 unspecified atom stereocenters. The summed E-state index contributed by atoms with van der Waals surface area (Å²) in [5, 5.41) is 11.0. The fourth-order valence-corrected chi connectivity index (χ4v) is 2.67. The van der Waals surface area contributed by atoms with Crippen LogP contribution in [0.4, 0.5) is 0 Å². The minimum Gasteiger partial charge on any atom is -0.344 e. The Morgan fingerprint density at radius 1 is 1.12 bits per heavy atom. The lowest BCUT2D eigenvalue weighted by atomic mass is 10.0. The zero-order chi connectivity index (χ0) is 16.9. The molecule has 1 amide bonds. The molecule has 3 rings (SSSR count). The molecule has 0 bridgehead atoms. The van der Waals surface area contributed by atoms with Crippen LogP contribution in [0.15, 0.2) is 60.8 Å². The van der Waals surface area contributed by atoms with Gasteiger partial charge in [-0.25, -0.2) is 4.68 Å². The summed E-state index contributed by atoms with van der Waals surface area (Å²) in [6.07, 6.45) is 1.67. The van der Waals surface area contributed by atoms with Crippen molar-refractivity contribution < 1.29 is 4.79 Å². The largest absolute Gasteiger partial charge is 0.344 e. The minimum atomic E-state index is -0.218. The number of aryl methyl sites for hydroxylation is 1. The van der Waals surface area contributed by atoms with Crippen molar-refractivity contribution in [1.29, 1.82) is 0 Å². The van der Waals surface area contributed by atoms with E-state index in [-0.39, 0.29) is 11.9 Å². The van der Waals surface area contributed by atoms with Gasteiger partial charge in [0.05, 0.1) is 18.8 Å². The van der Waals surface area contributed by atoms with Crippen LogP contribution < -0.4 is 5.32 Å². The fourth-order valence-electron chi connectivity index (χ4n) is 2.67. The number of hydrogen-bond donors (Lipinski definition) is 1. The summed E-state index contributed by atoms with van der Waals surface area (Å²) in [5.41, 5.74) is 3.69. The second kappa shape index (κ2) is 7.08. The van der Waals surface area contributed by atoms with E-state index in [9.17, 15) is 4.79 Å². The molecule has 1 atom stereocenters. The summed E-state index contributed by atoms with van der Waals surface area (Å²) >= 11 is 0. The van der Waals surface area contributed by atoms with Gasteiger partial charge in [-0.05, 0) is 30.5 Å². The van der Waals surface area contributed by atoms with Crippen LogP contribution in [0, 0.1) is 6.92 Å². The van der Waals surface area contributed by atoms with E-state index in [0.717, 1.165) is 16.7 Å². The van der Waals surface area contributed by atoms with Gasteiger partial charge in [-0.15, -0.1) is 5.10 Å². The normalized spacial score (nSPS) is 11.9. The van der Waals surface area contributed by atoms with Crippen molar-refractivity contribution in [2.45, 2.75) is 26.4 Å². The van der Waals surface area contributed by atoms with Crippen LogP contribution in [-0.2, 0) is 6.54 Å². The Hall–Kier alpha value is -2.95. The van der Waals surface area contributed by atoms with E-state index < -0.39 is 0 Å². The van der Waals surface area contributed by atoms with Crippen molar-refractivity contribution in [2.24, 2.45) is 0 Å². The maximum atomic E-state index is 12.4. The molecule has 0 radical (unpaired) electrons. The zero-order valence-electron chi connectivity index (χ0n) is 13.8. The monoisotopic (exact) mass is 320 g/mol. The van der Waals surface area contributed by atoms with Crippen LogP contribution in [0.25, 0.3) is 0 Å². The molecule has 0 fully saturated rings. The van der Waals surface area contributed by atoms with Gasteiger partial charge in [0.1, 0.15) is 0 Å². The van der Waals surface area contributed by atoms with Gasteiger partial charge < -0.3 is 5.32 Å². The lowest BCUT2D eigenvalue weighted by Gasteiger charge is -2.15. The molecule has 0 saturated heterocycles. The number of nitrogens with one attached hydrogen (secondary N) is 1. The van der Waals surface area contributed by atoms with Crippen molar-refractivity contribution in [3.8, 4) is 0 Å². The highest BCUT2D eigenvalue weighted by Crippen LogP contribution is 2.17. The van der Waals surface area contributed by atoms with Crippen molar-refractivity contribution in [2.75, 3.05) is 0 Å². The van der Waals surface area contributed by atoms with E-state index in [1.165, 1.54) is 0 Å². The smallest absolute Gasteiger partial charge is 0.273 e. The van der Waals surface area contributed by atoms with Crippen LogP contribution in [0.5, 0.6) is 0 Å². The third-order valence-electron chi connectivity index (χ3n) is 3.96. The number of amides is 1. The Morgan fingerprint density at radius 2 is 1.83 bits per heavy atom. The second-order valence-electron chi connectivity index (χ2n) is 5.84. The van der Waals surface area contributed by atoms with Gasteiger partial charge in [-0.1, -0.05) is 59.8 Å². The van der Waals surface area contributed by atoms with Gasteiger partial charge in [0.25, 0.3) is 5.91 Å². The van der Waals surface area contributed by atoms with Crippen molar-refractivity contribution in [1.82, 2.24) is 20.3 Å². The molecule has 122 valence electrons. The molecule has 5 heteroatoms. The van der Waals surface area contributed by atoms with Gasteiger partial charge in [0.2, 0.25) is 0 Å². The van der Waals surface area contributed by atoms with Crippen LogP contribution in [0.1, 0.15) is 40.1 Å². The molecule has 1 heterocycles. The van der Waals surface area contributed by atoms with Crippen molar-refractivity contribution >= 4 is 5.91 Å². The van der Waals surface area contributed by atoms with Crippen molar-refractivity contribution in [3.63, 3.8) is 0 Å². The first-order chi connectivity index (χ1) is 11.6. The summed E-state index contributed by atoms with van der Waals surface area (Å²) in [6.45, 7) is 4.59. The molecular formula is C19H20N4O. The van der Waals surface area contributed by atoms with Gasteiger partial charge in [-0.2, -0.15) is 0 Å². The minimum absolute atomic E-state index is 0.0852. The van der Waals surface area contributed by atoms with Gasteiger partial charge in [0, 0.05) is 0 Å². The van der Waals surface area contributed by atoms with Crippen LogP contribution in [-0.4, -0.2) is 20.9 Å². The summed E-state index contributed by atoms with van der Waals surface area (Å²) in [4.78, 5) is 12.4. The molecule has 0 aliphatic heterocycles. The van der Waals surface area contributed by atoms with E-state index in [1.54, 1.807) is 10.9 Å². The Morgan fingerprint density at radius 3 is 2.58 bits per heavy atom.